The van der Waals surface area contributed by atoms with Crippen molar-refractivity contribution in [2.45, 2.75) is 69.2 Å². The molecule has 6 nitrogen and oxygen atoms in total. The fraction of sp³-hybridized carbons (Fsp3) is 0.357. The number of ether oxygens (including phenoxy) is 2. The molecule has 1 radical (unpaired) electrons. The molecule has 3 rings (SSSR count). The molecule has 35 heavy (non-hydrogen) atoms. The van der Waals surface area contributed by atoms with Gasteiger partial charge in [0.15, 0.2) is 0 Å². The topological polar surface area (TPSA) is 78.4 Å². The van der Waals surface area contributed by atoms with Crippen molar-refractivity contribution in [2.75, 3.05) is 0 Å². The van der Waals surface area contributed by atoms with E-state index in [1.807, 2.05) is 81.4 Å². The molecular weight excluding hydrogens is 479 g/mol. The third-order valence-corrected chi connectivity index (χ3v) is 4.50. The van der Waals surface area contributed by atoms with Crippen LogP contribution in [0.15, 0.2) is 48.5 Å². The normalized spacial score (nSPS) is 8.86. The Bertz CT molecular complexity index is 967. The molecule has 0 atom stereocenters. The zero-order chi connectivity index (χ0) is 26.3. The maximum atomic E-state index is 12.2. The van der Waals surface area contributed by atoms with Crippen LogP contribution in [0.1, 0.15) is 84.5 Å². The van der Waals surface area contributed by atoms with E-state index < -0.39 is 11.9 Å². The third-order valence-electron chi connectivity index (χ3n) is 4.50. The minimum Gasteiger partial charge on any atom is -0.402 e. The predicted octanol–water partition coefficient (Wildman–Crippen LogP) is 7.22. The van der Waals surface area contributed by atoms with Gasteiger partial charge < -0.3 is 9.47 Å². The molecule has 0 saturated heterocycles. The van der Waals surface area contributed by atoms with Gasteiger partial charge in [0, 0.05) is 30.7 Å². The van der Waals surface area contributed by atoms with Crippen LogP contribution in [0.5, 0.6) is 11.8 Å². The van der Waals surface area contributed by atoms with Crippen molar-refractivity contribution < 1.29 is 37.6 Å². The average Bonchev–Trinajstić information content (AvgIpc) is 2.87. The number of carbonyl (C=O) groups excluding carboxylic acids is 2. The first kappa shape index (κ1) is 34.2. The first-order chi connectivity index (χ1) is 16.3. The first-order valence-corrected chi connectivity index (χ1v) is 11.8. The number of aromatic nitrogens is 2. The fourth-order valence-electron chi connectivity index (χ4n) is 2.46. The van der Waals surface area contributed by atoms with Gasteiger partial charge in [-0.25, -0.2) is 9.59 Å². The number of hydrogen-bond acceptors (Lipinski definition) is 6. The standard InChI is InChI=1S/C22H20N2O4.3C2H6.V/c1-13-5-7-17(11-15(13)3)21(25)27-19-9-10-20(24-23-19)28-22(26)18-8-6-14(2)16(4)12-18;3*1-2;/h5-12H,1-4H3;3*1-2H3;. The van der Waals surface area contributed by atoms with Crippen molar-refractivity contribution in [3.8, 4) is 11.8 Å². The third kappa shape index (κ3) is 10.9. The summed E-state index contributed by atoms with van der Waals surface area (Å²) >= 11 is 0. The molecule has 0 saturated carbocycles. The second-order valence-corrected chi connectivity index (χ2v) is 6.59. The van der Waals surface area contributed by atoms with E-state index in [0.717, 1.165) is 22.3 Å². The van der Waals surface area contributed by atoms with Crippen LogP contribution in [0.4, 0.5) is 0 Å². The summed E-state index contributed by atoms with van der Waals surface area (Å²) in [6.07, 6.45) is 0. The van der Waals surface area contributed by atoms with Crippen molar-refractivity contribution in [3.63, 3.8) is 0 Å². The molecular formula is C28H38N2O4V. The molecule has 3 aromatic rings. The summed E-state index contributed by atoms with van der Waals surface area (Å²) in [5.41, 5.74) is 5.02. The van der Waals surface area contributed by atoms with Crippen molar-refractivity contribution in [1.82, 2.24) is 10.2 Å². The van der Waals surface area contributed by atoms with E-state index in [1.54, 1.807) is 24.3 Å². The van der Waals surface area contributed by atoms with E-state index in [1.165, 1.54) is 12.1 Å². The Morgan fingerprint density at radius 2 is 0.857 bits per heavy atom. The van der Waals surface area contributed by atoms with Gasteiger partial charge >= 0.3 is 11.9 Å². The van der Waals surface area contributed by atoms with E-state index in [4.69, 9.17) is 9.47 Å². The summed E-state index contributed by atoms with van der Waals surface area (Å²) in [6, 6.07) is 13.5. The molecule has 0 N–H and O–H groups in total. The summed E-state index contributed by atoms with van der Waals surface area (Å²) in [6.45, 7) is 19.8. The van der Waals surface area contributed by atoms with Crippen LogP contribution in [0.2, 0.25) is 0 Å². The number of rotatable bonds is 4. The molecule has 0 aliphatic rings. The Morgan fingerprint density at radius 3 is 1.11 bits per heavy atom. The van der Waals surface area contributed by atoms with Crippen LogP contribution in [-0.2, 0) is 18.6 Å². The largest absolute Gasteiger partial charge is 0.402 e. The van der Waals surface area contributed by atoms with Crippen LogP contribution < -0.4 is 9.47 Å². The number of aryl methyl sites for hydroxylation is 4. The number of hydrogen-bond donors (Lipinski definition) is 0. The molecule has 0 spiro atoms. The second-order valence-electron chi connectivity index (χ2n) is 6.59. The van der Waals surface area contributed by atoms with Crippen LogP contribution in [0.25, 0.3) is 0 Å². The van der Waals surface area contributed by atoms with E-state index in [2.05, 4.69) is 10.2 Å². The SMILES string of the molecule is CC.CC.CC.Cc1ccc(C(=O)Oc2ccc(OC(=O)c3ccc(C)c(C)c3)nn2)cc1C.[V]. The number of nitrogens with zero attached hydrogens (tertiary/aromatic N) is 2. The maximum absolute atomic E-state index is 12.2. The zero-order valence-electron chi connectivity index (χ0n) is 22.6. The van der Waals surface area contributed by atoms with Gasteiger partial charge in [0.25, 0.3) is 0 Å². The summed E-state index contributed by atoms with van der Waals surface area (Å²) in [5, 5.41) is 7.58. The van der Waals surface area contributed by atoms with Gasteiger partial charge in [-0.15, -0.1) is 10.2 Å². The Balaban J connectivity index is 0. The summed E-state index contributed by atoms with van der Waals surface area (Å²) in [5.74, 6) is -1.02. The van der Waals surface area contributed by atoms with Crippen molar-refractivity contribution in [2.24, 2.45) is 0 Å². The van der Waals surface area contributed by atoms with Gasteiger partial charge in [-0.3, -0.25) is 0 Å². The molecule has 7 heteroatoms. The summed E-state index contributed by atoms with van der Waals surface area (Å²) in [4.78, 5) is 24.4. The molecule has 1 heterocycles. The number of esters is 2. The first-order valence-electron chi connectivity index (χ1n) is 11.8. The summed E-state index contributed by atoms with van der Waals surface area (Å²) < 4.78 is 10.4. The van der Waals surface area contributed by atoms with Gasteiger partial charge in [-0.1, -0.05) is 53.7 Å². The average molecular weight is 518 g/mol. The Kier molecular flexibility index (Phi) is 18.0. The molecule has 189 valence electrons. The van der Waals surface area contributed by atoms with Crippen LogP contribution in [-0.4, -0.2) is 22.1 Å². The molecule has 0 unspecified atom stereocenters. The smallest absolute Gasteiger partial charge is 0.344 e. The van der Waals surface area contributed by atoms with Gasteiger partial charge in [-0.2, -0.15) is 0 Å². The Hall–Kier alpha value is -2.96. The minimum atomic E-state index is -0.530. The fourth-order valence-corrected chi connectivity index (χ4v) is 2.46. The van der Waals surface area contributed by atoms with Gasteiger partial charge in [-0.05, 0) is 74.2 Å². The number of carbonyl (C=O) groups is 2. The zero-order valence-corrected chi connectivity index (χ0v) is 24.0. The Labute approximate surface area is 222 Å². The maximum Gasteiger partial charge on any atom is 0.344 e. The monoisotopic (exact) mass is 517 g/mol. The van der Waals surface area contributed by atoms with E-state index in [9.17, 15) is 9.59 Å². The summed E-state index contributed by atoms with van der Waals surface area (Å²) in [7, 11) is 0. The van der Waals surface area contributed by atoms with E-state index in [-0.39, 0.29) is 30.3 Å². The molecule has 0 bridgehead atoms. The van der Waals surface area contributed by atoms with Crippen molar-refractivity contribution in [1.29, 1.82) is 0 Å². The molecule has 0 aliphatic heterocycles. The molecule has 0 fully saturated rings. The number of benzene rings is 2. The predicted molar refractivity (Wildman–Crippen MR) is 138 cm³/mol. The second kappa shape index (κ2) is 18.4. The minimum absolute atomic E-state index is 0. The van der Waals surface area contributed by atoms with Gasteiger partial charge in [0.1, 0.15) is 0 Å². The molecule has 2 aromatic carbocycles. The quantitative estimate of drug-likeness (QED) is 0.340. The van der Waals surface area contributed by atoms with Crippen LogP contribution in [0.3, 0.4) is 0 Å². The van der Waals surface area contributed by atoms with Crippen LogP contribution in [0, 0.1) is 27.7 Å². The van der Waals surface area contributed by atoms with Crippen LogP contribution >= 0.6 is 0 Å². The molecule has 0 amide bonds. The van der Waals surface area contributed by atoms with Crippen molar-refractivity contribution >= 4 is 11.9 Å². The Morgan fingerprint density at radius 1 is 0.543 bits per heavy atom. The van der Waals surface area contributed by atoms with E-state index in [0.29, 0.717) is 11.1 Å². The van der Waals surface area contributed by atoms with Crippen molar-refractivity contribution in [3.05, 3.63) is 81.9 Å². The van der Waals surface area contributed by atoms with Gasteiger partial charge in [0.2, 0.25) is 11.8 Å². The van der Waals surface area contributed by atoms with Gasteiger partial charge in [0.05, 0.1) is 11.1 Å². The molecule has 1 aromatic heterocycles. The molecule has 0 aliphatic carbocycles. The van der Waals surface area contributed by atoms with E-state index >= 15 is 0 Å².